The molecule has 0 aliphatic rings. The van der Waals surface area contributed by atoms with Crippen LogP contribution in [0.25, 0.3) is 55.7 Å². The zero-order valence-corrected chi connectivity index (χ0v) is 17.7. The van der Waals surface area contributed by atoms with Crippen molar-refractivity contribution in [3.8, 4) is 33.8 Å². The molecule has 6 rings (SSSR count). The van der Waals surface area contributed by atoms with Gasteiger partial charge in [-0.1, -0.05) is 24.3 Å². The molecule has 6 heteroatoms. The minimum Gasteiger partial charge on any atom is -0.337 e. The molecule has 0 amide bonds. The van der Waals surface area contributed by atoms with Crippen LogP contribution in [0.4, 0.5) is 0 Å². The van der Waals surface area contributed by atoms with E-state index in [0.717, 1.165) is 55.7 Å². The maximum Gasteiger partial charge on any atom is 0.159 e. The molecule has 6 nitrogen and oxygen atoms in total. The highest BCUT2D eigenvalue weighted by atomic mass is 15.3. The van der Waals surface area contributed by atoms with Crippen LogP contribution in [-0.4, -0.2) is 29.7 Å². The zero-order chi connectivity index (χ0) is 21.7. The molecule has 0 saturated heterocycles. The van der Waals surface area contributed by atoms with E-state index in [1.54, 1.807) is 6.20 Å². The number of nitrogens with one attached hydrogen (secondary N) is 1. The number of hydrogen-bond acceptors (Lipinski definition) is 4. The molecule has 0 fully saturated rings. The fourth-order valence-electron chi connectivity index (χ4n) is 4.30. The van der Waals surface area contributed by atoms with Crippen LogP contribution < -0.4 is 0 Å². The summed E-state index contributed by atoms with van der Waals surface area (Å²) in [5.74, 6) is 0.771. The average Bonchev–Trinajstić information content (AvgIpc) is 3.40. The Bertz CT molecular complexity index is 1560. The third-order valence-electron chi connectivity index (χ3n) is 5.96. The summed E-state index contributed by atoms with van der Waals surface area (Å²) >= 11 is 0. The van der Waals surface area contributed by atoms with Crippen LogP contribution in [0.5, 0.6) is 0 Å². The van der Waals surface area contributed by atoms with Crippen molar-refractivity contribution in [2.24, 2.45) is 7.05 Å². The van der Waals surface area contributed by atoms with Crippen LogP contribution in [0.15, 0.2) is 79.4 Å². The highest BCUT2D eigenvalue weighted by molar-refractivity contribution is 5.96. The minimum absolute atomic E-state index is 0.771. The van der Waals surface area contributed by atoms with Gasteiger partial charge in [0, 0.05) is 53.9 Å². The smallest absolute Gasteiger partial charge is 0.159 e. The van der Waals surface area contributed by atoms with Crippen molar-refractivity contribution in [1.29, 1.82) is 0 Å². The van der Waals surface area contributed by atoms with E-state index in [1.807, 2.05) is 60.7 Å². The molecule has 0 saturated carbocycles. The highest BCUT2D eigenvalue weighted by Gasteiger charge is 2.16. The van der Waals surface area contributed by atoms with E-state index in [2.05, 4.69) is 46.1 Å². The summed E-state index contributed by atoms with van der Waals surface area (Å²) in [5, 5.41) is 5.83. The normalized spacial score (nSPS) is 11.4. The summed E-state index contributed by atoms with van der Waals surface area (Å²) in [6.07, 6.45) is 7.48. The van der Waals surface area contributed by atoms with Crippen molar-refractivity contribution >= 4 is 21.9 Å². The Morgan fingerprint density at radius 3 is 2.50 bits per heavy atom. The average molecular weight is 416 g/mol. The molecule has 4 aromatic heterocycles. The number of aryl methyl sites for hydroxylation is 1. The van der Waals surface area contributed by atoms with Crippen molar-refractivity contribution in [2.75, 3.05) is 0 Å². The first-order valence-electron chi connectivity index (χ1n) is 10.5. The molecule has 0 radical (unpaired) electrons. The number of rotatable bonds is 3. The Kier molecular flexibility index (Phi) is 4.11. The largest absolute Gasteiger partial charge is 0.337 e. The van der Waals surface area contributed by atoms with Crippen LogP contribution in [-0.2, 0) is 7.05 Å². The van der Waals surface area contributed by atoms with E-state index in [0.29, 0.717) is 0 Å². The second-order valence-corrected chi connectivity index (χ2v) is 7.91. The Labute approximate surface area is 184 Å². The lowest BCUT2D eigenvalue weighted by Gasteiger charge is -2.11. The molecule has 0 atom stereocenters. The van der Waals surface area contributed by atoms with E-state index in [4.69, 9.17) is 10.1 Å². The fraction of sp³-hybridized carbons (Fsp3) is 0.0769. The quantitative estimate of drug-likeness (QED) is 0.411. The second-order valence-electron chi connectivity index (χ2n) is 7.91. The molecule has 6 aromatic rings. The molecule has 154 valence electrons. The van der Waals surface area contributed by atoms with Gasteiger partial charge in [0.2, 0.25) is 0 Å². The molecule has 32 heavy (non-hydrogen) atoms. The summed E-state index contributed by atoms with van der Waals surface area (Å²) in [6.45, 7) is 2.13. The number of benzene rings is 2. The van der Waals surface area contributed by atoms with Crippen LogP contribution in [0.3, 0.4) is 0 Å². The lowest BCUT2D eigenvalue weighted by atomic mass is 9.95. The third-order valence-corrected chi connectivity index (χ3v) is 5.96. The molecule has 1 N–H and O–H groups in total. The molecule has 0 spiro atoms. The Morgan fingerprint density at radius 1 is 0.844 bits per heavy atom. The van der Waals surface area contributed by atoms with E-state index in [-0.39, 0.29) is 0 Å². The molecule has 0 aliphatic carbocycles. The zero-order valence-electron chi connectivity index (χ0n) is 17.7. The van der Waals surface area contributed by atoms with Crippen molar-refractivity contribution in [2.45, 2.75) is 6.92 Å². The predicted molar refractivity (Wildman–Crippen MR) is 127 cm³/mol. The Hall–Kier alpha value is -4.32. The van der Waals surface area contributed by atoms with Gasteiger partial charge in [-0.2, -0.15) is 5.10 Å². The molecular weight excluding hydrogens is 396 g/mol. The number of hydrogen-bond donors (Lipinski definition) is 1. The van der Waals surface area contributed by atoms with Gasteiger partial charge in [-0.05, 0) is 48.4 Å². The van der Waals surface area contributed by atoms with Gasteiger partial charge in [-0.15, -0.1) is 0 Å². The van der Waals surface area contributed by atoms with Gasteiger partial charge >= 0.3 is 0 Å². The third kappa shape index (κ3) is 2.88. The number of aromatic amines is 1. The number of fused-ring (bicyclic) bond motifs is 2. The molecule has 0 aliphatic heterocycles. The first-order valence-corrected chi connectivity index (χ1v) is 10.5. The SMILES string of the molecule is Cc1c(-c2cccnc2)cncc1-c1ccc2c(c1)c(-c1nc3ccccc3[nH]1)nn2C. The van der Waals surface area contributed by atoms with Crippen molar-refractivity contribution < 1.29 is 0 Å². The minimum atomic E-state index is 0.771. The number of imidazole rings is 1. The molecule has 0 bridgehead atoms. The summed E-state index contributed by atoms with van der Waals surface area (Å²) in [4.78, 5) is 17.0. The van der Waals surface area contributed by atoms with Crippen molar-refractivity contribution in [1.82, 2.24) is 29.7 Å². The standard InChI is InChI=1S/C26H20N6/c1-16-20(14-28-15-21(16)18-6-5-11-27-13-18)17-9-10-24-19(12-17)25(31-32(24)2)26-29-22-7-3-4-8-23(22)30-26/h3-15H,1-2H3,(H,29,30). The number of aromatic nitrogens is 6. The van der Waals surface area contributed by atoms with Gasteiger partial charge < -0.3 is 4.98 Å². The monoisotopic (exact) mass is 416 g/mol. The number of pyridine rings is 2. The van der Waals surface area contributed by atoms with E-state index in [1.165, 1.54) is 5.56 Å². The maximum absolute atomic E-state index is 4.78. The predicted octanol–water partition coefficient (Wildman–Crippen LogP) is 5.55. The van der Waals surface area contributed by atoms with Gasteiger partial charge in [0.05, 0.1) is 16.6 Å². The van der Waals surface area contributed by atoms with Gasteiger partial charge in [0.15, 0.2) is 5.82 Å². The fourth-order valence-corrected chi connectivity index (χ4v) is 4.30. The first kappa shape index (κ1) is 18.4. The Balaban J connectivity index is 1.53. The van der Waals surface area contributed by atoms with E-state index < -0.39 is 0 Å². The molecule has 4 heterocycles. The Morgan fingerprint density at radius 2 is 1.69 bits per heavy atom. The summed E-state index contributed by atoms with van der Waals surface area (Å²) in [7, 11) is 1.96. The number of nitrogens with zero attached hydrogens (tertiary/aromatic N) is 5. The summed E-state index contributed by atoms with van der Waals surface area (Å²) < 4.78 is 1.90. The van der Waals surface area contributed by atoms with Gasteiger partial charge in [-0.3, -0.25) is 14.6 Å². The maximum atomic E-state index is 4.78. The van der Waals surface area contributed by atoms with Crippen molar-refractivity contribution in [3.05, 3.63) is 84.9 Å². The van der Waals surface area contributed by atoms with Crippen LogP contribution in [0.1, 0.15) is 5.56 Å². The molecular formula is C26H20N6. The van der Waals surface area contributed by atoms with Gasteiger partial charge in [0.1, 0.15) is 5.69 Å². The number of H-pyrrole nitrogens is 1. The second kappa shape index (κ2) is 7.13. The topological polar surface area (TPSA) is 72.3 Å². The van der Waals surface area contributed by atoms with Crippen LogP contribution in [0.2, 0.25) is 0 Å². The van der Waals surface area contributed by atoms with Gasteiger partial charge in [-0.25, -0.2) is 4.98 Å². The van der Waals surface area contributed by atoms with E-state index >= 15 is 0 Å². The summed E-state index contributed by atoms with van der Waals surface area (Å²) in [5.41, 5.74) is 9.33. The van der Waals surface area contributed by atoms with Crippen LogP contribution in [0, 0.1) is 6.92 Å². The lowest BCUT2D eigenvalue weighted by Crippen LogP contribution is -1.92. The molecule has 0 unspecified atom stereocenters. The van der Waals surface area contributed by atoms with Crippen molar-refractivity contribution in [3.63, 3.8) is 0 Å². The van der Waals surface area contributed by atoms with E-state index in [9.17, 15) is 0 Å². The molecule has 2 aromatic carbocycles. The van der Waals surface area contributed by atoms with Crippen LogP contribution >= 0.6 is 0 Å². The number of para-hydroxylation sites is 2. The lowest BCUT2D eigenvalue weighted by molar-refractivity contribution is 0.798. The summed E-state index contributed by atoms with van der Waals surface area (Å²) in [6, 6.07) is 18.5. The highest BCUT2D eigenvalue weighted by Crippen LogP contribution is 2.34. The van der Waals surface area contributed by atoms with Gasteiger partial charge in [0.25, 0.3) is 0 Å². The first-order chi connectivity index (χ1) is 15.7.